The lowest BCUT2D eigenvalue weighted by Crippen LogP contribution is -2.25. The normalized spacial score (nSPS) is 16.5. The summed E-state index contributed by atoms with van der Waals surface area (Å²) in [6, 6.07) is 0. The van der Waals surface area contributed by atoms with Crippen molar-refractivity contribution in [3.8, 4) is 0 Å². The number of hydrogen-bond donors (Lipinski definition) is 0. The zero-order chi connectivity index (χ0) is 11.8. The first-order chi connectivity index (χ1) is 7.47. The van der Waals surface area contributed by atoms with E-state index in [2.05, 4.69) is 35.9 Å². The summed E-state index contributed by atoms with van der Waals surface area (Å²) >= 11 is 5.65. The van der Waals surface area contributed by atoms with E-state index < -0.39 is 0 Å². The molecule has 0 saturated heterocycles. The molecule has 2 rings (SSSR count). The Labute approximate surface area is 99.4 Å². The molecule has 1 aromatic heterocycles. The highest BCUT2D eigenvalue weighted by Crippen LogP contribution is 2.19. The summed E-state index contributed by atoms with van der Waals surface area (Å²) in [7, 11) is 0. The quantitative estimate of drug-likeness (QED) is 0.704. The number of amidine groups is 1. The van der Waals surface area contributed by atoms with Crippen LogP contribution in [0.2, 0.25) is 0 Å². The van der Waals surface area contributed by atoms with Gasteiger partial charge in [-0.2, -0.15) is 5.10 Å². The number of rotatable bonds is 1. The number of aliphatic imine (C=N–C) groups is 2. The van der Waals surface area contributed by atoms with E-state index in [1.165, 1.54) is 0 Å². The highest BCUT2D eigenvalue weighted by atomic mass is 35.5. The first kappa shape index (κ1) is 11.1. The Bertz CT molecular complexity index is 440. The van der Waals surface area contributed by atoms with E-state index in [-0.39, 0.29) is 5.54 Å². The maximum absolute atomic E-state index is 5.65. The van der Waals surface area contributed by atoms with Gasteiger partial charge < -0.3 is 4.90 Å². The first-order valence-electron chi connectivity index (χ1n) is 5.03. The number of nitrogens with zero attached hydrogens (tertiary/aromatic N) is 5. The molecule has 1 aliphatic rings. The Morgan fingerprint density at radius 3 is 2.62 bits per heavy atom. The maximum atomic E-state index is 5.65. The zero-order valence-corrected chi connectivity index (χ0v) is 10.3. The molecule has 0 spiro atoms. The molecular formula is C10H14ClN5. The standard InChI is InChI=1S/C10H14ClN5/c1-10(2,3)16-5-8(4-14-16)15-6-12-9(11)13-7-15/h4-6H,7H2,1-3H3. The van der Waals surface area contributed by atoms with Gasteiger partial charge in [-0.25, -0.2) is 9.98 Å². The summed E-state index contributed by atoms with van der Waals surface area (Å²) in [5.74, 6) is 0. The molecule has 0 amide bonds. The number of hydrogen-bond acceptors (Lipinski definition) is 4. The van der Waals surface area contributed by atoms with Crippen LogP contribution in [0, 0.1) is 0 Å². The molecule has 0 fully saturated rings. The molecule has 0 aliphatic carbocycles. The average Bonchev–Trinajstić information content (AvgIpc) is 2.67. The van der Waals surface area contributed by atoms with Crippen LogP contribution in [0.15, 0.2) is 22.4 Å². The molecule has 1 aliphatic heterocycles. The Morgan fingerprint density at radius 1 is 1.38 bits per heavy atom. The van der Waals surface area contributed by atoms with Crippen LogP contribution in [0.25, 0.3) is 0 Å². The fourth-order valence-electron chi connectivity index (χ4n) is 1.31. The second-order valence-corrected chi connectivity index (χ2v) is 4.93. The fourth-order valence-corrected chi connectivity index (χ4v) is 1.40. The van der Waals surface area contributed by atoms with Crippen molar-refractivity contribution in [1.82, 2.24) is 9.78 Å². The Hall–Kier alpha value is -1.36. The number of anilines is 1. The van der Waals surface area contributed by atoms with Gasteiger partial charge in [0.15, 0.2) is 0 Å². The van der Waals surface area contributed by atoms with Gasteiger partial charge >= 0.3 is 0 Å². The van der Waals surface area contributed by atoms with Crippen LogP contribution in [-0.2, 0) is 5.54 Å². The van der Waals surface area contributed by atoms with E-state index in [9.17, 15) is 0 Å². The van der Waals surface area contributed by atoms with Gasteiger partial charge in [0.1, 0.15) is 13.0 Å². The van der Waals surface area contributed by atoms with Crippen molar-refractivity contribution in [2.75, 3.05) is 11.6 Å². The van der Waals surface area contributed by atoms with Gasteiger partial charge in [-0.3, -0.25) is 4.68 Å². The Morgan fingerprint density at radius 2 is 2.12 bits per heavy atom. The molecule has 6 heteroatoms. The van der Waals surface area contributed by atoms with E-state index in [4.69, 9.17) is 11.6 Å². The summed E-state index contributed by atoms with van der Waals surface area (Å²) in [6.45, 7) is 6.79. The molecule has 0 unspecified atom stereocenters. The highest BCUT2D eigenvalue weighted by molar-refractivity contribution is 6.65. The summed E-state index contributed by atoms with van der Waals surface area (Å²) in [6.07, 6.45) is 5.44. The van der Waals surface area contributed by atoms with Gasteiger partial charge in [-0.15, -0.1) is 0 Å². The van der Waals surface area contributed by atoms with E-state index in [1.54, 1.807) is 12.5 Å². The van der Waals surface area contributed by atoms with Crippen LogP contribution in [0.5, 0.6) is 0 Å². The van der Waals surface area contributed by atoms with E-state index in [0.29, 0.717) is 12.0 Å². The van der Waals surface area contributed by atoms with E-state index in [0.717, 1.165) is 5.69 Å². The molecule has 5 nitrogen and oxygen atoms in total. The van der Waals surface area contributed by atoms with Gasteiger partial charge in [0.25, 0.3) is 0 Å². The minimum atomic E-state index is -0.0217. The molecule has 0 N–H and O–H groups in total. The molecule has 1 aromatic rings. The maximum Gasteiger partial charge on any atom is 0.220 e. The van der Waals surface area contributed by atoms with Crippen molar-refractivity contribution in [1.29, 1.82) is 0 Å². The molecule has 86 valence electrons. The van der Waals surface area contributed by atoms with Gasteiger partial charge in [0.05, 0.1) is 17.4 Å². The molecule has 0 atom stereocenters. The van der Waals surface area contributed by atoms with Crippen LogP contribution in [0.1, 0.15) is 20.8 Å². The minimum absolute atomic E-state index is 0.0217. The van der Waals surface area contributed by atoms with Crippen molar-refractivity contribution >= 4 is 28.9 Å². The number of halogens is 1. The van der Waals surface area contributed by atoms with Crippen LogP contribution in [-0.4, -0.2) is 28.1 Å². The number of aromatic nitrogens is 2. The fraction of sp³-hybridized carbons (Fsp3) is 0.500. The summed E-state index contributed by atoms with van der Waals surface area (Å²) in [5, 5.41) is 4.60. The summed E-state index contributed by atoms with van der Waals surface area (Å²) in [4.78, 5) is 9.86. The van der Waals surface area contributed by atoms with Crippen molar-refractivity contribution in [3.05, 3.63) is 12.4 Å². The highest BCUT2D eigenvalue weighted by Gasteiger charge is 2.16. The van der Waals surface area contributed by atoms with Gasteiger partial charge in [0.2, 0.25) is 5.29 Å². The molecule has 0 bridgehead atoms. The smallest absolute Gasteiger partial charge is 0.220 e. The van der Waals surface area contributed by atoms with E-state index in [1.807, 2.05) is 15.8 Å². The second-order valence-electron chi connectivity index (χ2n) is 4.60. The predicted molar refractivity (Wildman–Crippen MR) is 66.3 cm³/mol. The third-order valence-electron chi connectivity index (χ3n) is 2.25. The lowest BCUT2D eigenvalue weighted by molar-refractivity contribution is 0.355. The SMILES string of the molecule is CC(C)(C)n1cc(N2C=NC(Cl)=NC2)cn1. The van der Waals surface area contributed by atoms with Crippen LogP contribution in [0.4, 0.5) is 5.69 Å². The third kappa shape index (κ3) is 2.24. The van der Waals surface area contributed by atoms with Gasteiger partial charge in [-0.05, 0) is 32.4 Å². The monoisotopic (exact) mass is 239 g/mol. The van der Waals surface area contributed by atoms with Crippen molar-refractivity contribution in [2.24, 2.45) is 9.98 Å². The third-order valence-corrected chi connectivity index (χ3v) is 2.46. The van der Waals surface area contributed by atoms with Gasteiger partial charge in [0, 0.05) is 6.20 Å². The van der Waals surface area contributed by atoms with Crippen LogP contribution in [0.3, 0.4) is 0 Å². The minimum Gasteiger partial charge on any atom is -0.309 e. The molecule has 16 heavy (non-hydrogen) atoms. The Balaban J connectivity index is 2.18. The average molecular weight is 240 g/mol. The predicted octanol–water partition coefficient (Wildman–Crippen LogP) is 2.04. The topological polar surface area (TPSA) is 45.8 Å². The molecule has 2 heterocycles. The zero-order valence-electron chi connectivity index (χ0n) is 9.55. The molecular weight excluding hydrogens is 226 g/mol. The second kappa shape index (κ2) is 3.90. The van der Waals surface area contributed by atoms with E-state index >= 15 is 0 Å². The lowest BCUT2D eigenvalue weighted by Gasteiger charge is -2.20. The Kier molecular flexibility index (Phi) is 2.71. The van der Waals surface area contributed by atoms with Crippen molar-refractivity contribution < 1.29 is 0 Å². The van der Waals surface area contributed by atoms with Crippen molar-refractivity contribution in [2.45, 2.75) is 26.3 Å². The molecule has 0 saturated carbocycles. The van der Waals surface area contributed by atoms with Crippen LogP contribution < -0.4 is 4.90 Å². The largest absolute Gasteiger partial charge is 0.309 e. The van der Waals surface area contributed by atoms with Crippen LogP contribution >= 0.6 is 11.6 Å². The lowest BCUT2D eigenvalue weighted by atomic mass is 10.1. The summed E-state index contributed by atoms with van der Waals surface area (Å²) in [5.41, 5.74) is 0.943. The van der Waals surface area contributed by atoms with Gasteiger partial charge in [-0.1, -0.05) is 0 Å². The summed E-state index contributed by atoms with van der Waals surface area (Å²) < 4.78 is 1.91. The molecule has 0 aromatic carbocycles. The first-order valence-corrected chi connectivity index (χ1v) is 5.40. The molecule has 0 radical (unpaired) electrons. The van der Waals surface area contributed by atoms with Crippen molar-refractivity contribution in [3.63, 3.8) is 0 Å².